The van der Waals surface area contributed by atoms with E-state index < -0.39 is 10.0 Å². The van der Waals surface area contributed by atoms with Crippen molar-refractivity contribution in [1.29, 1.82) is 0 Å². The molecule has 1 aromatic rings. The first kappa shape index (κ1) is 16.9. The Hall–Kier alpha value is -1.11. The third-order valence-electron chi connectivity index (χ3n) is 2.85. The number of nitrogens with one attached hydrogen (secondary N) is 2. The minimum Gasteiger partial charge on any atom is -0.382 e. The van der Waals surface area contributed by atoms with Crippen molar-refractivity contribution in [2.24, 2.45) is 5.92 Å². The van der Waals surface area contributed by atoms with Gasteiger partial charge in [0.2, 0.25) is 10.0 Å². The molecule has 0 aliphatic rings. The van der Waals surface area contributed by atoms with E-state index in [0.29, 0.717) is 24.8 Å². The molecule has 2 N–H and O–H groups in total. The zero-order valence-corrected chi connectivity index (χ0v) is 13.2. The van der Waals surface area contributed by atoms with Crippen LogP contribution in [0.4, 0.5) is 5.69 Å². The Morgan fingerprint density at radius 1 is 1.20 bits per heavy atom. The van der Waals surface area contributed by atoms with Crippen LogP contribution in [0.5, 0.6) is 0 Å². The van der Waals surface area contributed by atoms with E-state index in [-0.39, 0.29) is 4.90 Å². The number of rotatable bonds is 9. The van der Waals surface area contributed by atoms with Gasteiger partial charge in [-0.2, -0.15) is 0 Å². The molecule has 6 heteroatoms. The summed E-state index contributed by atoms with van der Waals surface area (Å²) < 4.78 is 31.5. The van der Waals surface area contributed by atoms with E-state index in [2.05, 4.69) is 23.9 Å². The van der Waals surface area contributed by atoms with Crippen LogP contribution in [0.2, 0.25) is 0 Å². The van der Waals surface area contributed by atoms with E-state index >= 15 is 0 Å². The molecule has 0 spiro atoms. The zero-order chi connectivity index (χ0) is 15.0. The van der Waals surface area contributed by atoms with Gasteiger partial charge in [0.1, 0.15) is 4.90 Å². The summed E-state index contributed by atoms with van der Waals surface area (Å²) in [6.07, 6.45) is 1.03. The summed E-state index contributed by atoms with van der Waals surface area (Å²) in [4.78, 5) is 0.254. The molecule has 0 aliphatic heterocycles. The molecule has 0 amide bonds. The summed E-state index contributed by atoms with van der Waals surface area (Å²) in [6.45, 7) is 6.17. The standard InChI is InChI=1S/C14H24N2O3S/c1-12(2)8-10-19-11-9-16-13-6-4-5-7-14(13)20(17,18)15-3/h4-7,12,15-16H,8-11H2,1-3H3. The maximum Gasteiger partial charge on any atom is 0.242 e. The predicted octanol–water partition coefficient (Wildman–Crippen LogP) is 2.07. The molecule has 1 aromatic carbocycles. The van der Waals surface area contributed by atoms with Crippen molar-refractivity contribution in [1.82, 2.24) is 4.72 Å². The average Bonchev–Trinajstić information content (AvgIpc) is 2.42. The van der Waals surface area contributed by atoms with Gasteiger partial charge in [0.05, 0.1) is 12.3 Å². The van der Waals surface area contributed by atoms with E-state index in [1.54, 1.807) is 24.3 Å². The van der Waals surface area contributed by atoms with Gasteiger partial charge in [-0.05, 0) is 31.5 Å². The predicted molar refractivity (Wildman–Crippen MR) is 81.5 cm³/mol. The Labute approximate surface area is 121 Å². The van der Waals surface area contributed by atoms with Crippen molar-refractivity contribution in [3.05, 3.63) is 24.3 Å². The second-order valence-corrected chi connectivity index (χ2v) is 6.78. The Balaban J connectivity index is 2.49. The quantitative estimate of drug-likeness (QED) is 0.685. The van der Waals surface area contributed by atoms with Gasteiger partial charge in [0.25, 0.3) is 0 Å². The summed E-state index contributed by atoms with van der Waals surface area (Å²) >= 11 is 0. The average molecular weight is 300 g/mol. The normalized spacial score (nSPS) is 11.8. The lowest BCUT2D eigenvalue weighted by molar-refractivity contribution is 0.132. The number of para-hydroxylation sites is 1. The lowest BCUT2D eigenvalue weighted by Gasteiger charge is -2.12. The maximum atomic E-state index is 11.8. The Bertz CT molecular complexity index is 501. The van der Waals surface area contributed by atoms with Crippen LogP contribution in [0.3, 0.4) is 0 Å². The summed E-state index contributed by atoms with van der Waals surface area (Å²) in [5.74, 6) is 0.629. The molecule has 5 nitrogen and oxygen atoms in total. The number of benzene rings is 1. The first-order valence-corrected chi connectivity index (χ1v) is 8.30. The highest BCUT2D eigenvalue weighted by molar-refractivity contribution is 7.89. The lowest BCUT2D eigenvalue weighted by Crippen LogP contribution is -2.21. The fourth-order valence-corrected chi connectivity index (χ4v) is 2.54. The van der Waals surface area contributed by atoms with Gasteiger partial charge in [-0.1, -0.05) is 26.0 Å². The van der Waals surface area contributed by atoms with Crippen LogP contribution >= 0.6 is 0 Å². The van der Waals surface area contributed by atoms with Gasteiger partial charge < -0.3 is 10.1 Å². The molecular formula is C14H24N2O3S. The zero-order valence-electron chi connectivity index (χ0n) is 12.3. The fraction of sp³-hybridized carbons (Fsp3) is 0.571. The summed E-state index contributed by atoms with van der Waals surface area (Å²) in [6, 6.07) is 6.83. The fourth-order valence-electron chi connectivity index (χ4n) is 1.64. The number of sulfonamides is 1. The number of hydrogen-bond donors (Lipinski definition) is 2. The molecular weight excluding hydrogens is 276 g/mol. The molecule has 1 rings (SSSR count). The van der Waals surface area contributed by atoms with Crippen molar-refractivity contribution >= 4 is 15.7 Å². The molecule has 0 saturated heterocycles. The molecule has 0 radical (unpaired) electrons. The second kappa shape index (κ2) is 8.24. The van der Waals surface area contributed by atoms with Crippen LogP contribution in [-0.2, 0) is 14.8 Å². The van der Waals surface area contributed by atoms with Gasteiger partial charge >= 0.3 is 0 Å². The highest BCUT2D eigenvalue weighted by Gasteiger charge is 2.15. The molecule has 114 valence electrons. The van der Waals surface area contributed by atoms with Crippen LogP contribution in [-0.4, -0.2) is 35.2 Å². The molecule has 0 heterocycles. The number of hydrogen-bond acceptors (Lipinski definition) is 4. The topological polar surface area (TPSA) is 67.4 Å². The molecule has 0 saturated carbocycles. The highest BCUT2D eigenvalue weighted by atomic mass is 32.2. The van der Waals surface area contributed by atoms with Crippen molar-refractivity contribution in [3.8, 4) is 0 Å². The van der Waals surface area contributed by atoms with E-state index in [1.807, 2.05) is 0 Å². The summed E-state index contributed by atoms with van der Waals surface area (Å²) in [7, 11) is -2.04. The molecule has 0 fully saturated rings. The minimum absolute atomic E-state index is 0.254. The van der Waals surface area contributed by atoms with Crippen molar-refractivity contribution in [3.63, 3.8) is 0 Å². The van der Waals surface area contributed by atoms with Crippen LogP contribution in [0.25, 0.3) is 0 Å². The smallest absolute Gasteiger partial charge is 0.242 e. The highest BCUT2D eigenvalue weighted by Crippen LogP contribution is 2.19. The third kappa shape index (κ3) is 5.48. The monoisotopic (exact) mass is 300 g/mol. The first-order valence-electron chi connectivity index (χ1n) is 6.81. The maximum absolute atomic E-state index is 11.8. The second-order valence-electron chi connectivity index (χ2n) is 4.93. The number of ether oxygens (including phenoxy) is 1. The third-order valence-corrected chi connectivity index (χ3v) is 4.32. The van der Waals surface area contributed by atoms with Crippen LogP contribution in [0.15, 0.2) is 29.2 Å². The van der Waals surface area contributed by atoms with Crippen molar-refractivity contribution in [2.75, 3.05) is 32.1 Å². The SMILES string of the molecule is CNS(=O)(=O)c1ccccc1NCCOCCC(C)C. The van der Waals surface area contributed by atoms with Crippen LogP contribution in [0.1, 0.15) is 20.3 Å². The van der Waals surface area contributed by atoms with Crippen LogP contribution in [0, 0.1) is 5.92 Å². The van der Waals surface area contributed by atoms with Crippen LogP contribution < -0.4 is 10.0 Å². The Kier molecular flexibility index (Phi) is 6.98. The number of anilines is 1. The minimum atomic E-state index is -3.44. The van der Waals surface area contributed by atoms with E-state index in [0.717, 1.165) is 13.0 Å². The van der Waals surface area contributed by atoms with E-state index in [4.69, 9.17) is 4.74 Å². The Morgan fingerprint density at radius 3 is 2.55 bits per heavy atom. The van der Waals surface area contributed by atoms with E-state index in [1.165, 1.54) is 7.05 Å². The molecule has 0 bridgehead atoms. The summed E-state index contributed by atoms with van der Waals surface area (Å²) in [5.41, 5.74) is 0.592. The molecule has 20 heavy (non-hydrogen) atoms. The summed E-state index contributed by atoms with van der Waals surface area (Å²) in [5, 5.41) is 3.10. The van der Waals surface area contributed by atoms with Gasteiger partial charge in [0.15, 0.2) is 0 Å². The van der Waals surface area contributed by atoms with Gasteiger partial charge in [-0.3, -0.25) is 0 Å². The molecule has 0 atom stereocenters. The van der Waals surface area contributed by atoms with Gasteiger partial charge in [-0.15, -0.1) is 0 Å². The van der Waals surface area contributed by atoms with Gasteiger partial charge in [-0.25, -0.2) is 13.1 Å². The lowest BCUT2D eigenvalue weighted by atomic mass is 10.1. The largest absolute Gasteiger partial charge is 0.382 e. The molecule has 0 unspecified atom stereocenters. The van der Waals surface area contributed by atoms with E-state index in [9.17, 15) is 8.42 Å². The Morgan fingerprint density at radius 2 is 1.90 bits per heavy atom. The van der Waals surface area contributed by atoms with Crippen molar-refractivity contribution in [2.45, 2.75) is 25.2 Å². The molecule has 0 aliphatic carbocycles. The first-order chi connectivity index (χ1) is 9.47. The van der Waals surface area contributed by atoms with Gasteiger partial charge in [0, 0.05) is 13.2 Å². The van der Waals surface area contributed by atoms with Crippen molar-refractivity contribution < 1.29 is 13.2 Å². The molecule has 0 aromatic heterocycles.